The van der Waals surface area contributed by atoms with E-state index in [2.05, 4.69) is 35.3 Å². The lowest BCUT2D eigenvalue weighted by Gasteiger charge is -2.17. The molecule has 0 radical (unpaired) electrons. The smallest absolute Gasteiger partial charge is 0.119 e. The number of benzene rings is 1. The fraction of sp³-hybridized carbons (Fsp3) is 0.294. The standard InChI is InChI=1S/C17H19NO/c19-13-6-2-5-11-17(15-8-3-1-4-9-15)16-10-7-12-18-14-16/h1,3-4,7-10,12-14,17H,2,5-6,11H2. The number of carbonyl (C=O) groups is 1. The van der Waals surface area contributed by atoms with Crippen molar-refractivity contribution in [2.75, 3.05) is 0 Å². The summed E-state index contributed by atoms with van der Waals surface area (Å²) in [4.78, 5) is 14.6. The Morgan fingerprint density at radius 3 is 2.47 bits per heavy atom. The Labute approximate surface area is 114 Å². The van der Waals surface area contributed by atoms with E-state index in [1.54, 1.807) is 6.20 Å². The van der Waals surface area contributed by atoms with Crippen LogP contribution in [-0.4, -0.2) is 11.3 Å². The zero-order valence-electron chi connectivity index (χ0n) is 11.0. The minimum absolute atomic E-state index is 0.376. The van der Waals surface area contributed by atoms with E-state index in [1.165, 1.54) is 11.1 Å². The van der Waals surface area contributed by atoms with E-state index in [0.29, 0.717) is 12.3 Å². The SMILES string of the molecule is O=CCCCCC(c1ccccc1)c1cccnc1. The molecule has 0 N–H and O–H groups in total. The van der Waals surface area contributed by atoms with Gasteiger partial charge in [0.15, 0.2) is 0 Å². The van der Waals surface area contributed by atoms with Crippen LogP contribution in [0.1, 0.15) is 42.7 Å². The van der Waals surface area contributed by atoms with Gasteiger partial charge in [-0.1, -0.05) is 42.8 Å². The van der Waals surface area contributed by atoms with E-state index in [4.69, 9.17) is 0 Å². The van der Waals surface area contributed by atoms with Crippen LogP contribution in [-0.2, 0) is 4.79 Å². The summed E-state index contributed by atoms with van der Waals surface area (Å²) in [6.07, 6.45) is 8.50. The maximum Gasteiger partial charge on any atom is 0.119 e. The fourth-order valence-electron chi connectivity index (χ4n) is 2.37. The molecule has 2 nitrogen and oxygen atoms in total. The Balaban J connectivity index is 2.12. The van der Waals surface area contributed by atoms with Gasteiger partial charge in [0.25, 0.3) is 0 Å². The van der Waals surface area contributed by atoms with Gasteiger partial charge in [-0.05, 0) is 30.0 Å². The molecular formula is C17H19NO. The molecule has 0 fully saturated rings. The second-order valence-electron chi connectivity index (χ2n) is 4.70. The van der Waals surface area contributed by atoms with Gasteiger partial charge in [0.1, 0.15) is 6.29 Å². The zero-order chi connectivity index (χ0) is 13.3. The van der Waals surface area contributed by atoms with Crippen LogP contribution in [0, 0.1) is 0 Å². The molecule has 0 saturated carbocycles. The fourth-order valence-corrected chi connectivity index (χ4v) is 2.37. The Morgan fingerprint density at radius 2 is 1.79 bits per heavy atom. The summed E-state index contributed by atoms with van der Waals surface area (Å²) >= 11 is 0. The Bertz CT molecular complexity index is 442. The summed E-state index contributed by atoms with van der Waals surface area (Å²) in [5.74, 6) is 0.376. The van der Waals surface area contributed by atoms with Crippen molar-refractivity contribution in [3.05, 3.63) is 66.0 Å². The largest absolute Gasteiger partial charge is 0.303 e. The van der Waals surface area contributed by atoms with Gasteiger partial charge in [-0.15, -0.1) is 0 Å². The van der Waals surface area contributed by atoms with Gasteiger partial charge >= 0.3 is 0 Å². The van der Waals surface area contributed by atoms with E-state index in [0.717, 1.165) is 25.5 Å². The number of unbranched alkanes of at least 4 members (excludes halogenated alkanes) is 2. The summed E-state index contributed by atoms with van der Waals surface area (Å²) in [6.45, 7) is 0. The van der Waals surface area contributed by atoms with E-state index in [1.807, 2.05) is 18.3 Å². The lowest BCUT2D eigenvalue weighted by atomic mass is 9.88. The number of aromatic nitrogens is 1. The number of pyridine rings is 1. The minimum atomic E-state index is 0.376. The van der Waals surface area contributed by atoms with Gasteiger partial charge < -0.3 is 4.79 Å². The quantitative estimate of drug-likeness (QED) is 0.552. The van der Waals surface area contributed by atoms with Crippen molar-refractivity contribution in [2.45, 2.75) is 31.6 Å². The first-order chi connectivity index (χ1) is 9.42. The van der Waals surface area contributed by atoms with Crippen LogP contribution in [0.3, 0.4) is 0 Å². The van der Waals surface area contributed by atoms with E-state index in [9.17, 15) is 4.79 Å². The molecule has 19 heavy (non-hydrogen) atoms. The molecule has 0 aliphatic carbocycles. The number of rotatable bonds is 7. The molecular weight excluding hydrogens is 234 g/mol. The second kappa shape index (κ2) is 7.47. The molecule has 1 aromatic carbocycles. The van der Waals surface area contributed by atoms with Gasteiger partial charge in [-0.25, -0.2) is 0 Å². The normalized spacial score (nSPS) is 12.0. The average Bonchev–Trinajstić information content (AvgIpc) is 2.49. The second-order valence-corrected chi connectivity index (χ2v) is 4.70. The predicted molar refractivity (Wildman–Crippen MR) is 77.1 cm³/mol. The first-order valence-electron chi connectivity index (χ1n) is 6.80. The molecule has 1 aromatic heterocycles. The van der Waals surface area contributed by atoms with Crippen molar-refractivity contribution in [3.8, 4) is 0 Å². The molecule has 2 heteroatoms. The maximum absolute atomic E-state index is 10.4. The number of aldehydes is 1. The molecule has 98 valence electrons. The Kier molecular flexibility index (Phi) is 5.30. The number of hydrogen-bond acceptors (Lipinski definition) is 2. The summed E-state index contributed by atoms with van der Waals surface area (Å²) in [5.41, 5.74) is 2.57. The van der Waals surface area contributed by atoms with Crippen LogP contribution < -0.4 is 0 Å². The molecule has 0 bridgehead atoms. The molecule has 0 saturated heterocycles. The number of hydrogen-bond donors (Lipinski definition) is 0. The molecule has 1 atom stereocenters. The van der Waals surface area contributed by atoms with Crippen LogP contribution in [0.5, 0.6) is 0 Å². The van der Waals surface area contributed by atoms with Crippen LogP contribution in [0.15, 0.2) is 54.9 Å². The molecule has 2 rings (SSSR count). The van der Waals surface area contributed by atoms with Crippen molar-refractivity contribution >= 4 is 6.29 Å². The van der Waals surface area contributed by atoms with Crippen molar-refractivity contribution < 1.29 is 4.79 Å². The van der Waals surface area contributed by atoms with Crippen molar-refractivity contribution in [3.63, 3.8) is 0 Å². The van der Waals surface area contributed by atoms with Gasteiger partial charge in [0.05, 0.1) is 0 Å². The highest BCUT2D eigenvalue weighted by Crippen LogP contribution is 2.29. The van der Waals surface area contributed by atoms with E-state index >= 15 is 0 Å². The van der Waals surface area contributed by atoms with E-state index in [-0.39, 0.29) is 0 Å². The lowest BCUT2D eigenvalue weighted by Crippen LogP contribution is -2.01. The lowest BCUT2D eigenvalue weighted by molar-refractivity contribution is -0.107. The van der Waals surface area contributed by atoms with Gasteiger partial charge in [-0.2, -0.15) is 0 Å². The summed E-state index contributed by atoms with van der Waals surface area (Å²) < 4.78 is 0. The molecule has 0 amide bonds. The van der Waals surface area contributed by atoms with Gasteiger partial charge in [0, 0.05) is 24.7 Å². The van der Waals surface area contributed by atoms with Gasteiger partial charge in [-0.3, -0.25) is 4.98 Å². The third-order valence-corrected chi connectivity index (χ3v) is 3.35. The average molecular weight is 253 g/mol. The van der Waals surface area contributed by atoms with Crippen LogP contribution in [0.2, 0.25) is 0 Å². The number of nitrogens with zero attached hydrogens (tertiary/aromatic N) is 1. The van der Waals surface area contributed by atoms with Crippen LogP contribution >= 0.6 is 0 Å². The highest BCUT2D eigenvalue weighted by atomic mass is 16.1. The first-order valence-corrected chi connectivity index (χ1v) is 6.80. The maximum atomic E-state index is 10.4. The minimum Gasteiger partial charge on any atom is -0.303 e. The Morgan fingerprint density at radius 1 is 1.00 bits per heavy atom. The summed E-state index contributed by atoms with van der Waals surface area (Å²) in [7, 11) is 0. The third-order valence-electron chi connectivity index (χ3n) is 3.35. The highest BCUT2D eigenvalue weighted by Gasteiger charge is 2.13. The Hall–Kier alpha value is -1.96. The summed E-state index contributed by atoms with van der Waals surface area (Å²) in [6, 6.07) is 14.6. The van der Waals surface area contributed by atoms with Crippen LogP contribution in [0.4, 0.5) is 0 Å². The molecule has 2 aromatic rings. The summed E-state index contributed by atoms with van der Waals surface area (Å²) in [5, 5.41) is 0. The predicted octanol–water partition coefficient (Wildman–Crippen LogP) is 3.97. The molecule has 1 unspecified atom stereocenters. The molecule has 0 spiro atoms. The van der Waals surface area contributed by atoms with Crippen molar-refractivity contribution in [1.82, 2.24) is 4.98 Å². The molecule has 0 aliphatic rings. The topological polar surface area (TPSA) is 30.0 Å². The monoisotopic (exact) mass is 253 g/mol. The third kappa shape index (κ3) is 4.02. The van der Waals surface area contributed by atoms with Crippen LogP contribution in [0.25, 0.3) is 0 Å². The highest BCUT2D eigenvalue weighted by molar-refractivity contribution is 5.48. The zero-order valence-corrected chi connectivity index (χ0v) is 11.0. The van der Waals surface area contributed by atoms with Crippen molar-refractivity contribution in [1.29, 1.82) is 0 Å². The molecule has 1 heterocycles. The molecule has 0 aliphatic heterocycles. The van der Waals surface area contributed by atoms with Crippen molar-refractivity contribution in [2.24, 2.45) is 0 Å². The van der Waals surface area contributed by atoms with Gasteiger partial charge in [0.2, 0.25) is 0 Å². The first kappa shape index (κ1) is 13.5. The van der Waals surface area contributed by atoms with E-state index < -0.39 is 0 Å². The number of carbonyl (C=O) groups excluding carboxylic acids is 1.